The highest BCUT2D eigenvalue weighted by Crippen LogP contribution is 2.24. The maximum atomic E-state index is 14.6. The first-order chi connectivity index (χ1) is 19.8. The molecule has 0 aliphatic carbocycles. The van der Waals surface area contributed by atoms with E-state index in [1.54, 1.807) is 19.1 Å². The van der Waals surface area contributed by atoms with Crippen LogP contribution >= 0.6 is 0 Å². The average molecular weight is 563 g/mol. The summed E-state index contributed by atoms with van der Waals surface area (Å²) in [6.07, 6.45) is 9.11. The van der Waals surface area contributed by atoms with E-state index in [1.807, 2.05) is 50.2 Å². The molecule has 0 spiro atoms. The molecule has 6 heteroatoms. The van der Waals surface area contributed by atoms with Crippen molar-refractivity contribution < 1.29 is 28.2 Å². The van der Waals surface area contributed by atoms with Crippen LogP contribution in [0.1, 0.15) is 99.8 Å². The lowest BCUT2D eigenvalue weighted by atomic mass is 10.0. The van der Waals surface area contributed by atoms with Gasteiger partial charge in [0.15, 0.2) is 0 Å². The molecule has 0 aromatic heterocycles. The Bertz CT molecular complexity index is 1230. The first kappa shape index (κ1) is 31.9. The lowest BCUT2D eigenvalue weighted by molar-refractivity contribution is 0.0294. The van der Waals surface area contributed by atoms with Crippen LogP contribution in [0, 0.1) is 11.7 Å². The molecule has 0 saturated heterocycles. The minimum atomic E-state index is -0.803. The topological polar surface area (TPSA) is 61.8 Å². The molecular weight excluding hydrogens is 519 g/mol. The first-order valence-electron chi connectivity index (χ1n) is 14.8. The Morgan fingerprint density at radius 2 is 1.32 bits per heavy atom. The fourth-order valence-electron chi connectivity index (χ4n) is 4.64. The van der Waals surface area contributed by atoms with Crippen LogP contribution in [0.15, 0.2) is 66.7 Å². The molecule has 0 amide bonds. The number of ether oxygens (including phenoxy) is 3. The first-order valence-corrected chi connectivity index (χ1v) is 14.8. The minimum Gasteiger partial charge on any atom is -0.494 e. The molecule has 41 heavy (non-hydrogen) atoms. The van der Waals surface area contributed by atoms with Crippen molar-refractivity contribution in [2.45, 2.75) is 85.2 Å². The quantitative estimate of drug-likeness (QED) is 0.0988. The summed E-state index contributed by atoms with van der Waals surface area (Å²) in [7, 11) is 0. The third kappa shape index (κ3) is 10.7. The Morgan fingerprint density at radius 1 is 0.732 bits per heavy atom. The van der Waals surface area contributed by atoms with Crippen LogP contribution in [-0.2, 0) is 4.74 Å². The third-order valence-electron chi connectivity index (χ3n) is 6.81. The van der Waals surface area contributed by atoms with Gasteiger partial charge in [0.2, 0.25) is 0 Å². The number of rotatable bonds is 16. The van der Waals surface area contributed by atoms with Gasteiger partial charge in [0.05, 0.1) is 23.8 Å². The summed E-state index contributed by atoms with van der Waals surface area (Å²) < 4.78 is 31.1. The molecule has 0 radical (unpaired) electrons. The van der Waals surface area contributed by atoms with Crippen LogP contribution in [0.5, 0.6) is 11.5 Å². The van der Waals surface area contributed by atoms with Crippen molar-refractivity contribution in [3.63, 3.8) is 0 Å². The zero-order chi connectivity index (χ0) is 29.6. The van der Waals surface area contributed by atoms with Gasteiger partial charge >= 0.3 is 11.9 Å². The van der Waals surface area contributed by atoms with E-state index in [0.29, 0.717) is 17.9 Å². The Morgan fingerprint density at radius 3 is 1.93 bits per heavy atom. The van der Waals surface area contributed by atoms with Gasteiger partial charge in [0.25, 0.3) is 0 Å². The number of hydrogen-bond acceptors (Lipinski definition) is 5. The average Bonchev–Trinajstić information content (AvgIpc) is 2.94. The predicted molar refractivity (Wildman–Crippen MR) is 161 cm³/mol. The van der Waals surface area contributed by atoms with Gasteiger partial charge in [-0.2, -0.15) is 0 Å². The molecule has 5 nitrogen and oxygen atoms in total. The third-order valence-corrected chi connectivity index (χ3v) is 6.81. The summed E-state index contributed by atoms with van der Waals surface area (Å²) >= 11 is 0. The van der Waals surface area contributed by atoms with Gasteiger partial charge in [-0.3, -0.25) is 0 Å². The highest BCUT2D eigenvalue weighted by Gasteiger charge is 2.19. The van der Waals surface area contributed by atoms with Crippen molar-refractivity contribution in [1.29, 1.82) is 0 Å². The van der Waals surface area contributed by atoms with Crippen LogP contribution in [0.25, 0.3) is 11.1 Å². The summed E-state index contributed by atoms with van der Waals surface area (Å²) in [6, 6.07) is 18.6. The SMILES string of the molecule is CCCCCCCCCOc1ccc(-c2ccc(C(=O)Oc3ccc(C(=O)O[C@H](C)CC(C)C)c(F)c3)cc2)cc1. The van der Waals surface area contributed by atoms with Crippen LogP contribution in [0.2, 0.25) is 0 Å². The molecule has 0 saturated carbocycles. The van der Waals surface area contributed by atoms with Gasteiger partial charge in [-0.25, -0.2) is 14.0 Å². The fourth-order valence-corrected chi connectivity index (χ4v) is 4.64. The van der Waals surface area contributed by atoms with Gasteiger partial charge in [0.1, 0.15) is 17.3 Å². The molecule has 220 valence electrons. The Labute approximate surface area is 244 Å². The lowest BCUT2D eigenvalue weighted by Crippen LogP contribution is -2.18. The second-order valence-corrected chi connectivity index (χ2v) is 10.9. The van der Waals surface area contributed by atoms with E-state index in [1.165, 1.54) is 50.7 Å². The molecule has 0 fully saturated rings. The highest BCUT2D eigenvalue weighted by atomic mass is 19.1. The predicted octanol–water partition coefficient (Wildman–Crippen LogP) is 9.43. The molecule has 0 bridgehead atoms. The molecule has 0 aliphatic heterocycles. The number of hydrogen-bond donors (Lipinski definition) is 0. The maximum Gasteiger partial charge on any atom is 0.343 e. The van der Waals surface area contributed by atoms with Gasteiger partial charge in [-0.1, -0.05) is 83.6 Å². The molecule has 0 N–H and O–H groups in total. The van der Waals surface area contributed by atoms with E-state index in [2.05, 4.69) is 6.92 Å². The number of unbranched alkanes of at least 4 members (excludes halogenated alkanes) is 6. The molecule has 0 heterocycles. The van der Waals surface area contributed by atoms with Crippen molar-refractivity contribution in [2.75, 3.05) is 6.61 Å². The monoisotopic (exact) mass is 562 g/mol. The number of benzene rings is 3. The zero-order valence-corrected chi connectivity index (χ0v) is 24.8. The number of carbonyl (C=O) groups is 2. The summed E-state index contributed by atoms with van der Waals surface area (Å²) in [4.78, 5) is 25.0. The Kier molecular flexibility index (Phi) is 12.9. The van der Waals surface area contributed by atoms with Crippen molar-refractivity contribution in [2.24, 2.45) is 5.92 Å². The summed E-state index contributed by atoms with van der Waals surface area (Å²) in [5, 5.41) is 0. The second-order valence-electron chi connectivity index (χ2n) is 10.9. The van der Waals surface area contributed by atoms with E-state index < -0.39 is 17.8 Å². The van der Waals surface area contributed by atoms with Crippen LogP contribution < -0.4 is 9.47 Å². The molecule has 3 aromatic rings. The molecule has 0 aliphatic rings. The van der Waals surface area contributed by atoms with Gasteiger partial charge in [-0.15, -0.1) is 0 Å². The maximum absolute atomic E-state index is 14.6. The van der Waals surface area contributed by atoms with E-state index in [4.69, 9.17) is 14.2 Å². The van der Waals surface area contributed by atoms with E-state index in [-0.39, 0.29) is 17.4 Å². The highest BCUT2D eigenvalue weighted by molar-refractivity contribution is 5.92. The summed E-state index contributed by atoms with van der Waals surface area (Å²) in [5.41, 5.74) is 2.08. The normalized spacial score (nSPS) is 11.8. The van der Waals surface area contributed by atoms with Gasteiger partial charge < -0.3 is 14.2 Å². The lowest BCUT2D eigenvalue weighted by Gasteiger charge is -2.15. The number of carbonyl (C=O) groups excluding carboxylic acids is 2. The standard InChI is InChI=1S/C35H43FO5/c1-5-6-7-8-9-10-11-22-39-30-18-16-28(17-19-30)27-12-14-29(15-13-27)34(37)41-31-20-21-32(33(36)24-31)35(38)40-26(4)23-25(2)3/h12-21,24-26H,5-11,22-23H2,1-4H3/t26-/m1/s1. The molecular formula is C35H43FO5. The van der Waals surface area contributed by atoms with E-state index >= 15 is 0 Å². The molecule has 3 rings (SSSR count). The van der Waals surface area contributed by atoms with Crippen molar-refractivity contribution in [1.82, 2.24) is 0 Å². The Balaban J connectivity index is 1.49. The largest absolute Gasteiger partial charge is 0.494 e. The molecule has 3 aromatic carbocycles. The molecule has 0 unspecified atom stereocenters. The number of esters is 2. The van der Waals surface area contributed by atoms with E-state index in [0.717, 1.165) is 36.0 Å². The number of halogens is 1. The van der Waals surface area contributed by atoms with Gasteiger partial charge in [-0.05, 0) is 73.2 Å². The van der Waals surface area contributed by atoms with Crippen LogP contribution in [0.4, 0.5) is 4.39 Å². The van der Waals surface area contributed by atoms with Crippen LogP contribution in [-0.4, -0.2) is 24.6 Å². The fraction of sp³-hybridized carbons (Fsp3) is 0.429. The second kappa shape index (κ2) is 16.6. The van der Waals surface area contributed by atoms with Crippen LogP contribution in [0.3, 0.4) is 0 Å². The zero-order valence-electron chi connectivity index (χ0n) is 24.8. The Hall–Kier alpha value is -3.67. The smallest absolute Gasteiger partial charge is 0.343 e. The van der Waals surface area contributed by atoms with Gasteiger partial charge in [0, 0.05) is 6.07 Å². The molecule has 1 atom stereocenters. The van der Waals surface area contributed by atoms with E-state index in [9.17, 15) is 14.0 Å². The summed E-state index contributed by atoms with van der Waals surface area (Å²) in [5.74, 6) is -0.958. The van der Waals surface area contributed by atoms with Crippen molar-refractivity contribution in [3.8, 4) is 22.6 Å². The van der Waals surface area contributed by atoms with Crippen molar-refractivity contribution in [3.05, 3.63) is 83.7 Å². The van der Waals surface area contributed by atoms with Crippen molar-refractivity contribution >= 4 is 11.9 Å². The minimum absolute atomic E-state index is 0.00966. The summed E-state index contributed by atoms with van der Waals surface area (Å²) in [6.45, 7) is 8.77.